The molecule has 0 fully saturated rings. The maximum atomic E-state index is 11.4. The average molecular weight is 308 g/mol. The number of fused-ring (bicyclic) bond motifs is 2. The number of anilines is 3. The van der Waals surface area contributed by atoms with Gasteiger partial charge in [-0.25, -0.2) is 4.98 Å². The largest absolute Gasteiger partial charge is 0.382 e. The summed E-state index contributed by atoms with van der Waals surface area (Å²) in [4.78, 5) is 29.8. The highest BCUT2D eigenvalue weighted by Gasteiger charge is 2.11. The zero-order valence-corrected chi connectivity index (χ0v) is 11.8. The number of carbonyl (C=O) groups excluding carboxylic acids is 1. The second kappa shape index (κ2) is 4.70. The maximum absolute atomic E-state index is 11.4. The van der Waals surface area contributed by atoms with Gasteiger partial charge in [0.25, 0.3) is 5.91 Å². The lowest BCUT2D eigenvalue weighted by molar-refractivity contribution is 0.100. The fourth-order valence-electron chi connectivity index (χ4n) is 2.44. The maximum Gasteiger partial charge on any atom is 0.250 e. The molecule has 0 aliphatic heterocycles. The molecule has 0 saturated heterocycles. The number of nitrogens with one attached hydrogen (secondary N) is 3. The minimum absolute atomic E-state index is 0.301. The van der Waals surface area contributed by atoms with Gasteiger partial charge in [0.05, 0.1) is 11.9 Å². The quantitative estimate of drug-likeness (QED) is 0.384. The highest BCUT2D eigenvalue weighted by atomic mass is 16.1. The van der Waals surface area contributed by atoms with E-state index in [4.69, 9.17) is 11.5 Å². The van der Waals surface area contributed by atoms with E-state index < -0.39 is 5.91 Å². The predicted molar refractivity (Wildman–Crippen MR) is 86.2 cm³/mol. The molecule has 4 rings (SSSR count). The number of nitrogens with zero attached hydrogens (tertiary/aromatic N) is 3. The Balaban J connectivity index is 1.76. The number of rotatable bonds is 3. The van der Waals surface area contributed by atoms with Crippen LogP contribution in [0.25, 0.3) is 22.1 Å². The van der Waals surface area contributed by atoms with Gasteiger partial charge in [-0.3, -0.25) is 4.79 Å². The zero-order chi connectivity index (χ0) is 16.0. The number of hydrogen-bond acceptors (Lipinski definition) is 6. The lowest BCUT2D eigenvalue weighted by atomic mass is 10.1. The summed E-state index contributed by atoms with van der Waals surface area (Å²) in [5.74, 6) is 0.125. The summed E-state index contributed by atoms with van der Waals surface area (Å²) >= 11 is 0. The Bertz CT molecular complexity index is 1050. The van der Waals surface area contributed by atoms with Gasteiger partial charge in [0, 0.05) is 22.8 Å². The van der Waals surface area contributed by atoms with Gasteiger partial charge in [-0.15, -0.1) is 0 Å². The zero-order valence-electron chi connectivity index (χ0n) is 11.8. The van der Waals surface area contributed by atoms with E-state index in [1.54, 1.807) is 12.3 Å². The number of hydrogen-bond donors (Lipinski definition) is 5. The Morgan fingerprint density at radius 2 is 2.09 bits per heavy atom. The van der Waals surface area contributed by atoms with Gasteiger partial charge in [-0.05, 0) is 18.2 Å². The molecule has 3 aromatic heterocycles. The highest BCUT2D eigenvalue weighted by molar-refractivity contribution is 6.06. The number of aromatic amines is 2. The number of nitrogens with two attached hydrogens (primary N) is 2. The van der Waals surface area contributed by atoms with Crippen LogP contribution < -0.4 is 16.8 Å². The Morgan fingerprint density at radius 1 is 1.22 bits per heavy atom. The standard InChI is InChI=1S/C14H12N8O/c15-11-10-13(19-5-18-10)22-14(21-11)20-6-1-2-9-7(3-6)8(4-17-9)12(16)23/h1-5,17H,(H2,16,23)(H4,15,18,19,20,21,22). The molecule has 0 aliphatic carbocycles. The van der Waals surface area contributed by atoms with Gasteiger partial charge >= 0.3 is 0 Å². The van der Waals surface area contributed by atoms with E-state index in [9.17, 15) is 4.79 Å². The van der Waals surface area contributed by atoms with Gasteiger partial charge in [0.1, 0.15) is 5.52 Å². The summed E-state index contributed by atoms with van der Waals surface area (Å²) < 4.78 is 0. The fraction of sp³-hybridized carbons (Fsp3) is 0. The number of nitrogen functional groups attached to an aromatic ring is 1. The molecule has 0 bridgehead atoms. The Labute approximate surface area is 129 Å². The first-order valence-corrected chi connectivity index (χ1v) is 6.76. The van der Waals surface area contributed by atoms with Gasteiger partial charge in [-0.2, -0.15) is 9.97 Å². The normalized spacial score (nSPS) is 11.1. The van der Waals surface area contributed by atoms with Crippen molar-refractivity contribution in [3.63, 3.8) is 0 Å². The number of H-pyrrole nitrogens is 2. The van der Waals surface area contributed by atoms with E-state index in [1.165, 1.54) is 6.33 Å². The van der Waals surface area contributed by atoms with Crippen molar-refractivity contribution in [1.82, 2.24) is 24.9 Å². The lowest BCUT2D eigenvalue weighted by Gasteiger charge is -2.06. The van der Waals surface area contributed by atoms with Crippen LogP contribution in [0.3, 0.4) is 0 Å². The third kappa shape index (κ3) is 2.11. The van der Waals surface area contributed by atoms with Crippen LogP contribution in [0, 0.1) is 0 Å². The summed E-state index contributed by atoms with van der Waals surface area (Å²) in [7, 11) is 0. The van der Waals surface area contributed by atoms with Gasteiger partial charge in [0.15, 0.2) is 11.5 Å². The summed E-state index contributed by atoms with van der Waals surface area (Å²) in [6.07, 6.45) is 3.09. The minimum atomic E-state index is -0.494. The Hall–Kier alpha value is -3.62. The van der Waals surface area contributed by atoms with Crippen LogP contribution in [-0.2, 0) is 0 Å². The van der Waals surface area contributed by atoms with E-state index >= 15 is 0 Å². The molecule has 9 nitrogen and oxygen atoms in total. The number of amides is 1. The van der Waals surface area contributed by atoms with E-state index in [0.717, 1.165) is 10.9 Å². The topological polar surface area (TPSA) is 151 Å². The van der Waals surface area contributed by atoms with Crippen molar-refractivity contribution >= 4 is 45.4 Å². The van der Waals surface area contributed by atoms with Crippen LogP contribution in [0.2, 0.25) is 0 Å². The van der Waals surface area contributed by atoms with E-state index in [2.05, 4.69) is 30.2 Å². The fourth-order valence-corrected chi connectivity index (χ4v) is 2.44. The van der Waals surface area contributed by atoms with Crippen LogP contribution in [0.15, 0.2) is 30.7 Å². The first kappa shape index (κ1) is 13.1. The molecule has 0 unspecified atom stereocenters. The van der Waals surface area contributed by atoms with E-state index in [1.807, 2.05) is 12.1 Å². The molecule has 0 saturated carbocycles. The van der Waals surface area contributed by atoms with Crippen LogP contribution in [-0.4, -0.2) is 30.8 Å². The molecule has 4 aromatic rings. The van der Waals surface area contributed by atoms with Gasteiger partial charge in [-0.1, -0.05) is 0 Å². The first-order chi connectivity index (χ1) is 11.1. The van der Waals surface area contributed by atoms with Crippen LogP contribution in [0.5, 0.6) is 0 Å². The number of imidazole rings is 1. The molecule has 0 spiro atoms. The Kier molecular flexibility index (Phi) is 2.67. The monoisotopic (exact) mass is 308 g/mol. The molecule has 0 aliphatic rings. The van der Waals surface area contributed by atoms with Crippen molar-refractivity contribution in [2.75, 3.05) is 11.1 Å². The van der Waals surface area contributed by atoms with Gasteiger partial charge < -0.3 is 26.8 Å². The van der Waals surface area contributed by atoms with Crippen LogP contribution in [0.4, 0.5) is 17.5 Å². The molecule has 23 heavy (non-hydrogen) atoms. The molecule has 114 valence electrons. The van der Waals surface area contributed by atoms with Crippen molar-refractivity contribution in [3.8, 4) is 0 Å². The molecule has 0 atom stereocenters. The van der Waals surface area contributed by atoms with Crippen molar-refractivity contribution in [2.24, 2.45) is 5.73 Å². The number of primary amides is 1. The van der Waals surface area contributed by atoms with Crippen molar-refractivity contribution in [1.29, 1.82) is 0 Å². The summed E-state index contributed by atoms with van der Waals surface area (Å²) in [5.41, 5.74) is 14.2. The third-order valence-corrected chi connectivity index (χ3v) is 3.52. The van der Waals surface area contributed by atoms with Crippen molar-refractivity contribution in [3.05, 3.63) is 36.3 Å². The smallest absolute Gasteiger partial charge is 0.250 e. The van der Waals surface area contributed by atoms with Gasteiger partial charge in [0.2, 0.25) is 5.95 Å². The number of benzene rings is 1. The summed E-state index contributed by atoms with van der Waals surface area (Å²) in [5, 5.41) is 3.77. The minimum Gasteiger partial charge on any atom is -0.382 e. The number of carbonyl (C=O) groups is 1. The Morgan fingerprint density at radius 3 is 2.91 bits per heavy atom. The molecule has 3 heterocycles. The SMILES string of the molecule is NC(=O)c1c[nH]c2ccc(Nc3nc(N)c4[nH]cnc4n3)cc12. The molecule has 1 aromatic carbocycles. The second-order valence-electron chi connectivity index (χ2n) is 4.99. The van der Waals surface area contributed by atoms with E-state index in [-0.39, 0.29) is 0 Å². The second-order valence-corrected chi connectivity index (χ2v) is 4.99. The lowest BCUT2D eigenvalue weighted by Crippen LogP contribution is -2.09. The third-order valence-electron chi connectivity index (χ3n) is 3.52. The first-order valence-electron chi connectivity index (χ1n) is 6.76. The summed E-state index contributed by atoms with van der Waals surface area (Å²) in [6, 6.07) is 5.46. The van der Waals surface area contributed by atoms with Crippen molar-refractivity contribution < 1.29 is 4.79 Å². The van der Waals surface area contributed by atoms with Crippen molar-refractivity contribution in [2.45, 2.75) is 0 Å². The molecule has 7 N–H and O–H groups in total. The molecule has 1 amide bonds. The average Bonchev–Trinajstić information content (AvgIpc) is 3.13. The van der Waals surface area contributed by atoms with Crippen LogP contribution >= 0.6 is 0 Å². The molecule has 0 radical (unpaired) electrons. The van der Waals surface area contributed by atoms with Crippen LogP contribution in [0.1, 0.15) is 10.4 Å². The molecular formula is C14H12N8O. The highest BCUT2D eigenvalue weighted by Crippen LogP contribution is 2.24. The molecular weight excluding hydrogens is 296 g/mol. The predicted octanol–water partition coefficient (Wildman–Crippen LogP) is 1.26. The molecule has 9 heteroatoms. The number of aromatic nitrogens is 5. The van der Waals surface area contributed by atoms with E-state index in [0.29, 0.717) is 34.2 Å². The summed E-state index contributed by atoms with van der Waals surface area (Å²) in [6.45, 7) is 0.